The Labute approximate surface area is 85.3 Å². The van der Waals surface area contributed by atoms with E-state index in [0.29, 0.717) is 6.54 Å². The minimum absolute atomic E-state index is 0.481. The van der Waals surface area contributed by atoms with Crippen LogP contribution in [0.5, 0.6) is 0 Å². The largest absolute Gasteiger partial charge is 0.377 e. The van der Waals surface area contributed by atoms with Crippen LogP contribution < -0.4 is 10.4 Å². The van der Waals surface area contributed by atoms with Gasteiger partial charge in [0.2, 0.25) is 0 Å². The molecule has 0 heterocycles. The molecule has 0 bridgehead atoms. The standard InChI is InChI=1S/C11H18N2O/c1-8-5-10(7-12-14)11(13(3)4)6-9(8)2/h5-6,12,14H,7H2,1-4H3. The van der Waals surface area contributed by atoms with Gasteiger partial charge in [-0.15, -0.1) is 0 Å². The van der Waals surface area contributed by atoms with Gasteiger partial charge in [-0.05, 0) is 36.6 Å². The first-order valence-corrected chi connectivity index (χ1v) is 4.70. The maximum absolute atomic E-state index is 8.72. The SMILES string of the molecule is Cc1cc(CNO)c(N(C)C)cc1C. The van der Waals surface area contributed by atoms with E-state index in [-0.39, 0.29) is 0 Å². The van der Waals surface area contributed by atoms with Crippen LogP contribution in [0.25, 0.3) is 0 Å². The van der Waals surface area contributed by atoms with Crippen molar-refractivity contribution in [3.63, 3.8) is 0 Å². The van der Waals surface area contributed by atoms with E-state index in [2.05, 4.69) is 36.4 Å². The zero-order valence-corrected chi connectivity index (χ0v) is 9.26. The van der Waals surface area contributed by atoms with Gasteiger partial charge in [0.05, 0.1) is 0 Å². The molecular weight excluding hydrogens is 176 g/mol. The predicted molar refractivity (Wildman–Crippen MR) is 58.9 cm³/mol. The first-order valence-electron chi connectivity index (χ1n) is 4.70. The van der Waals surface area contributed by atoms with E-state index in [9.17, 15) is 0 Å². The number of hydrogen-bond donors (Lipinski definition) is 2. The van der Waals surface area contributed by atoms with Crippen LogP contribution in [0.1, 0.15) is 16.7 Å². The smallest absolute Gasteiger partial charge is 0.0478 e. The second-order valence-electron chi connectivity index (χ2n) is 3.79. The third-order valence-electron chi connectivity index (χ3n) is 2.45. The predicted octanol–water partition coefficient (Wildman–Crippen LogP) is 1.85. The molecule has 0 unspecified atom stereocenters. The molecule has 1 rings (SSSR count). The molecule has 0 saturated carbocycles. The molecule has 2 N–H and O–H groups in total. The summed E-state index contributed by atoms with van der Waals surface area (Å²) in [5, 5.41) is 8.72. The highest BCUT2D eigenvalue weighted by molar-refractivity contribution is 5.56. The molecule has 0 radical (unpaired) electrons. The summed E-state index contributed by atoms with van der Waals surface area (Å²) in [4.78, 5) is 2.05. The Morgan fingerprint density at radius 2 is 1.79 bits per heavy atom. The summed E-state index contributed by atoms with van der Waals surface area (Å²) in [6, 6.07) is 4.25. The van der Waals surface area contributed by atoms with Crippen LogP contribution >= 0.6 is 0 Å². The monoisotopic (exact) mass is 194 g/mol. The zero-order chi connectivity index (χ0) is 10.7. The Balaban J connectivity index is 3.17. The fourth-order valence-corrected chi connectivity index (χ4v) is 1.50. The van der Waals surface area contributed by atoms with Crippen molar-refractivity contribution in [2.75, 3.05) is 19.0 Å². The Bertz CT molecular complexity index is 321. The number of aryl methyl sites for hydroxylation is 2. The van der Waals surface area contributed by atoms with Gasteiger partial charge in [-0.25, -0.2) is 5.48 Å². The van der Waals surface area contributed by atoms with Crippen LogP contribution in [0.4, 0.5) is 5.69 Å². The summed E-state index contributed by atoms with van der Waals surface area (Å²) in [5.74, 6) is 0. The Kier molecular flexibility index (Phi) is 3.49. The normalized spacial score (nSPS) is 10.4. The lowest BCUT2D eigenvalue weighted by Gasteiger charge is -2.19. The molecule has 0 aliphatic rings. The lowest BCUT2D eigenvalue weighted by molar-refractivity contribution is 0.161. The van der Waals surface area contributed by atoms with E-state index in [1.807, 2.05) is 14.1 Å². The van der Waals surface area contributed by atoms with Gasteiger partial charge in [-0.1, -0.05) is 6.07 Å². The fraction of sp³-hybridized carbons (Fsp3) is 0.455. The third kappa shape index (κ3) is 2.25. The summed E-state index contributed by atoms with van der Waals surface area (Å²) < 4.78 is 0. The molecule has 0 aromatic heterocycles. The van der Waals surface area contributed by atoms with E-state index in [1.165, 1.54) is 11.1 Å². The number of anilines is 1. The molecule has 14 heavy (non-hydrogen) atoms. The molecule has 0 amide bonds. The van der Waals surface area contributed by atoms with Gasteiger partial charge in [-0.2, -0.15) is 0 Å². The zero-order valence-electron chi connectivity index (χ0n) is 9.26. The van der Waals surface area contributed by atoms with E-state index in [0.717, 1.165) is 11.3 Å². The van der Waals surface area contributed by atoms with Crippen molar-refractivity contribution in [2.24, 2.45) is 0 Å². The molecule has 1 aromatic carbocycles. The highest BCUT2D eigenvalue weighted by Crippen LogP contribution is 2.22. The summed E-state index contributed by atoms with van der Waals surface area (Å²) >= 11 is 0. The molecule has 0 spiro atoms. The van der Waals surface area contributed by atoms with Crippen molar-refractivity contribution in [1.82, 2.24) is 5.48 Å². The molecule has 3 heteroatoms. The van der Waals surface area contributed by atoms with Gasteiger partial charge >= 0.3 is 0 Å². The summed E-state index contributed by atoms with van der Waals surface area (Å²) in [7, 11) is 4.01. The highest BCUT2D eigenvalue weighted by Gasteiger charge is 2.06. The molecule has 0 aliphatic carbocycles. The second-order valence-corrected chi connectivity index (χ2v) is 3.79. The first kappa shape index (κ1) is 11.0. The lowest BCUT2D eigenvalue weighted by Crippen LogP contribution is -2.15. The van der Waals surface area contributed by atoms with E-state index >= 15 is 0 Å². The van der Waals surface area contributed by atoms with Crippen molar-refractivity contribution >= 4 is 5.69 Å². The van der Waals surface area contributed by atoms with Gasteiger partial charge in [0.25, 0.3) is 0 Å². The number of benzene rings is 1. The van der Waals surface area contributed by atoms with Gasteiger partial charge in [-0.3, -0.25) is 0 Å². The van der Waals surface area contributed by atoms with Crippen molar-refractivity contribution in [3.05, 3.63) is 28.8 Å². The van der Waals surface area contributed by atoms with Gasteiger partial charge < -0.3 is 10.1 Å². The Morgan fingerprint density at radius 1 is 1.21 bits per heavy atom. The van der Waals surface area contributed by atoms with Crippen LogP contribution in [0, 0.1) is 13.8 Å². The lowest BCUT2D eigenvalue weighted by atomic mass is 10.0. The van der Waals surface area contributed by atoms with Gasteiger partial charge in [0.15, 0.2) is 0 Å². The van der Waals surface area contributed by atoms with Crippen LogP contribution in [-0.4, -0.2) is 19.3 Å². The quantitative estimate of drug-likeness (QED) is 0.721. The molecule has 3 nitrogen and oxygen atoms in total. The third-order valence-corrected chi connectivity index (χ3v) is 2.45. The molecule has 0 saturated heterocycles. The molecule has 0 fully saturated rings. The van der Waals surface area contributed by atoms with Crippen molar-refractivity contribution in [3.8, 4) is 0 Å². The van der Waals surface area contributed by atoms with Crippen LogP contribution in [0.3, 0.4) is 0 Å². The molecule has 0 atom stereocenters. The Hall–Kier alpha value is -1.06. The topological polar surface area (TPSA) is 35.5 Å². The minimum atomic E-state index is 0.481. The average Bonchev–Trinajstić information content (AvgIpc) is 2.11. The van der Waals surface area contributed by atoms with Crippen molar-refractivity contribution in [1.29, 1.82) is 0 Å². The summed E-state index contributed by atoms with van der Waals surface area (Å²) in [6.45, 7) is 4.66. The van der Waals surface area contributed by atoms with Crippen LogP contribution in [-0.2, 0) is 6.54 Å². The summed E-state index contributed by atoms with van der Waals surface area (Å²) in [6.07, 6.45) is 0. The van der Waals surface area contributed by atoms with Gasteiger partial charge in [0, 0.05) is 26.3 Å². The highest BCUT2D eigenvalue weighted by atomic mass is 16.5. The van der Waals surface area contributed by atoms with Crippen molar-refractivity contribution in [2.45, 2.75) is 20.4 Å². The molecule has 0 aliphatic heterocycles. The number of nitrogens with zero attached hydrogens (tertiary/aromatic N) is 1. The average molecular weight is 194 g/mol. The van der Waals surface area contributed by atoms with Crippen molar-refractivity contribution < 1.29 is 5.21 Å². The molecule has 78 valence electrons. The maximum atomic E-state index is 8.72. The van der Waals surface area contributed by atoms with Crippen LogP contribution in [0.15, 0.2) is 12.1 Å². The summed E-state index contributed by atoms with van der Waals surface area (Å²) in [5.41, 5.74) is 6.98. The number of rotatable bonds is 3. The van der Waals surface area contributed by atoms with E-state index < -0.39 is 0 Å². The molecular formula is C11H18N2O. The number of hydrogen-bond acceptors (Lipinski definition) is 3. The second kappa shape index (κ2) is 4.44. The minimum Gasteiger partial charge on any atom is -0.377 e. The fourth-order valence-electron chi connectivity index (χ4n) is 1.50. The van der Waals surface area contributed by atoms with Crippen LogP contribution in [0.2, 0.25) is 0 Å². The first-order chi connectivity index (χ1) is 6.56. The maximum Gasteiger partial charge on any atom is 0.0478 e. The number of hydroxylamine groups is 1. The van der Waals surface area contributed by atoms with Gasteiger partial charge in [0.1, 0.15) is 0 Å². The van der Waals surface area contributed by atoms with E-state index in [1.54, 1.807) is 0 Å². The number of nitrogens with one attached hydrogen (secondary N) is 1. The van der Waals surface area contributed by atoms with E-state index in [4.69, 9.17) is 5.21 Å². The molecule has 1 aromatic rings. The Morgan fingerprint density at radius 3 is 2.29 bits per heavy atom.